The summed E-state index contributed by atoms with van der Waals surface area (Å²) < 4.78 is 10.8. The molecule has 0 spiro atoms. The number of rotatable bonds is 7. The first-order valence-corrected chi connectivity index (χ1v) is 8.57. The molecule has 0 saturated heterocycles. The van der Waals surface area contributed by atoms with Crippen molar-refractivity contribution in [2.75, 3.05) is 19.0 Å². The van der Waals surface area contributed by atoms with Gasteiger partial charge in [0.2, 0.25) is 0 Å². The number of amides is 1. The lowest BCUT2D eigenvalue weighted by Crippen LogP contribution is -2.25. The molecule has 7 heteroatoms. The number of methoxy groups -OCH3 is 1. The summed E-state index contributed by atoms with van der Waals surface area (Å²) >= 11 is 5.88. The Morgan fingerprint density at radius 3 is 2.56 bits per heavy atom. The van der Waals surface area contributed by atoms with E-state index >= 15 is 0 Å². The monoisotopic (exact) mass is 383 g/mol. The Hall–Kier alpha value is -3.25. The van der Waals surface area contributed by atoms with Crippen molar-refractivity contribution in [2.45, 2.75) is 0 Å². The molecule has 1 amide bonds. The lowest BCUT2D eigenvalue weighted by molar-refractivity contribution is -0.119. The molecule has 2 aromatic carbocycles. The van der Waals surface area contributed by atoms with Crippen molar-refractivity contribution >= 4 is 29.4 Å². The van der Waals surface area contributed by atoms with Crippen molar-refractivity contribution in [1.29, 1.82) is 0 Å². The van der Waals surface area contributed by atoms with Crippen molar-refractivity contribution in [3.05, 3.63) is 71.4 Å². The molecule has 138 valence electrons. The highest BCUT2D eigenvalue weighted by molar-refractivity contribution is 6.30. The zero-order chi connectivity index (χ0) is 19.1. The summed E-state index contributed by atoms with van der Waals surface area (Å²) in [4.78, 5) is 11.8. The minimum atomic E-state index is -0.272. The number of hydrogen-bond acceptors (Lipinski definition) is 5. The minimum absolute atomic E-state index is 0.0951. The van der Waals surface area contributed by atoms with Gasteiger partial charge in [-0.1, -0.05) is 11.6 Å². The Morgan fingerprint density at radius 2 is 1.85 bits per heavy atom. The van der Waals surface area contributed by atoms with Crippen LogP contribution in [0.25, 0.3) is 11.3 Å². The number of carbonyl (C=O) groups excluding carboxylic acids is 1. The van der Waals surface area contributed by atoms with Crippen LogP contribution in [0.1, 0.15) is 5.76 Å². The third-order valence-electron chi connectivity index (χ3n) is 3.68. The van der Waals surface area contributed by atoms with Crippen LogP contribution in [0.5, 0.6) is 5.75 Å². The van der Waals surface area contributed by atoms with E-state index in [0.29, 0.717) is 16.5 Å². The summed E-state index contributed by atoms with van der Waals surface area (Å²) in [6.07, 6.45) is 1.45. The molecule has 0 bridgehead atoms. The molecule has 0 fully saturated rings. The van der Waals surface area contributed by atoms with Gasteiger partial charge in [-0.2, -0.15) is 5.10 Å². The zero-order valence-electron chi connectivity index (χ0n) is 14.6. The van der Waals surface area contributed by atoms with E-state index < -0.39 is 0 Å². The molecule has 0 atom stereocenters. The Morgan fingerprint density at radius 1 is 1.11 bits per heavy atom. The summed E-state index contributed by atoms with van der Waals surface area (Å²) in [5, 5.41) is 7.57. The largest absolute Gasteiger partial charge is 0.497 e. The summed E-state index contributed by atoms with van der Waals surface area (Å²) in [5.74, 6) is 1.71. The van der Waals surface area contributed by atoms with E-state index in [1.807, 2.05) is 42.5 Å². The molecule has 0 aliphatic heterocycles. The number of hydrogen-bond donors (Lipinski definition) is 2. The number of furan rings is 1. The van der Waals surface area contributed by atoms with Crippen LogP contribution in [0.15, 0.2) is 70.2 Å². The standard InChI is InChI=1S/C20H18ClN3O3/c1-26-17-8-6-16(7-9-17)22-13-20(25)24-23-12-18-10-11-19(27-18)14-2-4-15(21)5-3-14/h2-12,22H,13H2,1H3,(H,24,25). The van der Waals surface area contributed by atoms with Crippen molar-refractivity contribution in [2.24, 2.45) is 5.10 Å². The van der Waals surface area contributed by atoms with Crippen LogP contribution in [-0.2, 0) is 4.79 Å². The van der Waals surface area contributed by atoms with Gasteiger partial charge in [-0.25, -0.2) is 5.43 Å². The lowest BCUT2D eigenvalue weighted by Gasteiger charge is -2.06. The molecular formula is C20H18ClN3O3. The van der Waals surface area contributed by atoms with Gasteiger partial charge in [0.15, 0.2) is 0 Å². The summed E-state index contributed by atoms with van der Waals surface area (Å²) in [7, 11) is 1.60. The number of hydrazone groups is 1. The van der Waals surface area contributed by atoms with Crippen molar-refractivity contribution < 1.29 is 13.9 Å². The molecule has 0 saturated carbocycles. The quantitative estimate of drug-likeness (QED) is 0.474. The normalized spacial score (nSPS) is 10.7. The molecule has 1 heterocycles. The molecule has 0 aliphatic carbocycles. The van der Waals surface area contributed by atoms with Gasteiger partial charge < -0.3 is 14.5 Å². The molecular weight excluding hydrogens is 366 g/mol. The van der Waals surface area contributed by atoms with Gasteiger partial charge in [-0.3, -0.25) is 4.79 Å². The molecule has 0 radical (unpaired) electrons. The molecule has 0 unspecified atom stereocenters. The summed E-state index contributed by atoms with van der Waals surface area (Å²) in [5.41, 5.74) is 4.17. The van der Waals surface area contributed by atoms with Crippen molar-refractivity contribution in [1.82, 2.24) is 5.43 Å². The predicted octanol–water partition coefficient (Wildman–Crippen LogP) is 4.17. The Balaban J connectivity index is 1.48. The number of nitrogens with zero attached hydrogens (tertiary/aromatic N) is 1. The van der Waals surface area contributed by atoms with Crippen LogP contribution in [0.3, 0.4) is 0 Å². The van der Waals surface area contributed by atoms with Crippen molar-refractivity contribution in [3.63, 3.8) is 0 Å². The van der Waals surface area contributed by atoms with Gasteiger partial charge in [0.1, 0.15) is 17.3 Å². The highest BCUT2D eigenvalue weighted by Gasteiger charge is 2.04. The second-order valence-corrected chi connectivity index (χ2v) is 6.02. The van der Waals surface area contributed by atoms with Gasteiger partial charge in [0, 0.05) is 16.3 Å². The number of carbonyl (C=O) groups is 1. The number of anilines is 1. The smallest absolute Gasteiger partial charge is 0.259 e. The highest BCUT2D eigenvalue weighted by atomic mass is 35.5. The fourth-order valence-electron chi connectivity index (χ4n) is 2.29. The Labute approximate surface area is 161 Å². The maximum atomic E-state index is 11.8. The molecule has 3 aromatic rings. The molecule has 0 aliphatic rings. The minimum Gasteiger partial charge on any atom is -0.497 e. The van der Waals surface area contributed by atoms with Crippen LogP contribution in [0.2, 0.25) is 5.02 Å². The SMILES string of the molecule is COc1ccc(NCC(=O)NN=Cc2ccc(-c3ccc(Cl)cc3)o2)cc1. The van der Waals surface area contributed by atoms with E-state index in [4.69, 9.17) is 20.8 Å². The molecule has 2 N–H and O–H groups in total. The number of benzene rings is 2. The number of nitrogens with one attached hydrogen (secondary N) is 2. The van der Waals surface area contributed by atoms with E-state index in [9.17, 15) is 4.79 Å². The summed E-state index contributed by atoms with van der Waals surface area (Å²) in [6.45, 7) is 0.0951. The summed E-state index contributed by atoms with van der Waals surface area (Å²) in [6, 6.07) is 18.2. The van der Waals surface area contributed by atoms with E-state index in [-0.39, 0.29) is 12.5 Å². The third kappa shape index (κ3) is 5.36. The molecule has 3 rings (SSSR count). The van der Waals surface area contributed by atoms with Crippen LogP contribution in [0.4, 0.5) is 5.69 Å². The third-order valence-corrected chi connectivity index (χ3v) is 3.93. The lowest BCUT2D eigenvalue weighted by atomic mass is 10.2. The topological polar surface area (TPSA) is 75.9 Å². The second-order valence-electron chi connectivity index (χ2n) is 5.58. The van der Waals surface area contributed by atoms with E-state index in [0.717, 1.165) is 17.0 Å². The van der Waals surface area contributed by atoms with Crippen LogP contribution >= 0.6 is 11.6 Å². The second kappa shape index (κ2) is 8.91. The fourth-order valence-corrected chi connectivity index (χ4v) is 2.42. The van der Waals surface area contributed by atoms with Crippen LogP contribution in [-0.4, -0.2) is 25.8 Å². The van der Waals surface area contributed by atoms with E-state index in [1.165, 1.54) is 6.21 Å². The maximum absolute atomic E-state index is 11.8. The molecule has 1 aromatic heterocycles. The van der Waals surface area contributed by atoms with Gasteiger partial charge in [-0.15, -0.1) is 0 Å². The first-order valence-electron chi connectivity index (χ1n) is 8.19. The van der Waals surface area contributed by atoms with Gasteiger partial charge in [-0.05, 0) is 60.7 Å². The number of ether oxygens (including phenoxy) is 1. The van der Waals surface area contributed by atoms with Crippen molar-refractivity contribution in [3.8, 4) is 17.1 Å². The number of halogens is 1. The zero-order valence-corrected chi connectivity index (χ0v) is 15.4. The predicted molar refractivity (Wildman–Crippen MR) is 106 cm³/mol. The maximum Gasteiger partial charge on any atom is 0.259 e. The first-order chi connectivity index (χ1) is 13.1. The van der Waals surface area contributed by atoms with Crippen LogP contribution < -0.4 is 15.5 Å². The van der Waals surface area contributed by atoms with Gasteiger partial charge >= 0.3 is 0 Å². The van der Waals surface area contributed by atoms with Crippen LogP contribution in [0, 0.1) is 0 Å². The Kier molecular flexibility index (Phi) is 6.12. The average Bonchev–Trinajstić information content (AvgIpc) is 3.16. The average molecular weight is 384 g/mol. The fraction of sp³-hybridized carbons (Fsp3) is 0.100. The van der Waals surface area contributed by atoms with E-state index in [1.54, 1.807) is 25.3 Å². The Bertz CT molecular complexity index is 918. The molecule has 6 nitrogen and oxygen atoms in total. The molecule has 27 heavy (non-hydrogen) atoms. The van der Waals surface area contributed by atoms with Gasteiger partial charge in [0.25, 0.3) is 5.91 Å². The highest BCUT2D eigenvalue weighted by Crippen LogP contribution is 2.23. The first kappa shape index (κ1) is 18.5. The van der Waals surface area contributed by atoms with E-state index in [2.05, 4.69) is 15.8 Å². The van der Waals surface area contributed by atoms with Gasteiger partial charge in [0.05, 0.1) is 19.9 Å².